The van der Waals surface area contributed by atoms with Gasteiger partial charge in [0, 0.05) is 5.92 Å². The molecule has 4 aliphatic rings. The molecule has 1 aromatic carbocycles. The molecule has 2 heteroatoms. The molecule has 0 saturated heterocycles. The number of carbonyl (C=O) groups is 1. The van der Waals surface area contributed by atoms with E-state index in [-0.39, 0.29) is 11.7 Å². The maximum Gasteiger partial charge on any atom is 0.169 e. The van der Waals surface area contributed by atoms with Gasteiger partial charge in [0.25, 0.3) is 0 Å². The topological polar surface area (TPSA) is 37.3 Å². The summed E-state index contributed by atoms with van der Waals surface area (Å²) in [4.78, 5) is 12.8. The van der Waals surface area contributed by atoms with E-state index in [0.717, 1.165) is 17.4 Å². The maximum atomic E-state index is 12.8. The molecule has 0 radical (unpaired) electrons. The van der Waals surface area contributed by atoms with Gasteiger partial charge in [-0.2, -0.15) is 0 Å². The molecule has 20 heavy (non-hydrogen) atoms. The van der Waals surface area contributed by atoms with Crippen LogP contribution in [0.15, 0.2) is 30.3 Å². The number of benzene rings is 1. The molecule has 2 nitrogen and oxygen atoms in total. The SMILES string of the molecule is O=C(C(O)c1ccccc1)C1C2CC3CC(C2)CC1C3. The van der Waals surface area contributed by atoms with Gasteiger partial charge >= 0.3 is 0 Å². The number of aliphatic hydroxyl groups is 1. The van der Waals surface area contributed by atoms with Crippen LogP contribution < -0.4 is 0 Å². The summed E-state index contributed by atoms with van der Waals surface area (Å²) in [7, 11) is 0. The number of Topliss-reactive ketones (excluding diaryl/α,β-unsaturated/α-hetero) is 1. The van der Waals surface area contributed by atoms with Crippen LogP contribution in [0.1, 0.15) is 43.8 Å². The number of hydrogen-bond acceptors (Lipinski definition) is 2. The van der Waals surface area contributed by atoms with E-state index < -0.39 is 6.10 Å². The summed E-state index contributed by atoms with van der Waals surface area (Å²) in [6, 6.07) is 9.42. The second-order valence-electron chi connectivity index (χ2n) is 7.17. The Kier molecular flexibility index (Phi) is 2.95. The highest BCUT2D eigenvalue weighted by Gasteiger charge is 2.51. The molecule has 4 aliphatic carbocycles. The van der Waals surface area contributed by atoms with Gasteiger partial charge in [-0.25, -0.2) is 0 Å². The number of hydrogen-bond donors (Lipinski definition) is 1. The smallest absolute Gasteiger partial charge is 0.169 e. The maximum absolute atomic E-state index is 12.8. The molecule has 106 valence electrons. The van der Waals surface area contributed by atoms with Crippen LogP contribution in [0.4, 0.5) is 0 Å². The van der Waals surface area contributed by atoms with Crippen molar-refractivity contribution in [2.75, 3.05) is 0 Å². The van der Waals surface area contributed by atoms with Crippen molar-refractivity contribution in [2.24, 2.45) is 29.6 Å². The van der Waals surface area contributed by atoms with E-state index in [9.17, 15) is 9.90 Å². The molecule has 1 aromatic rings. The molecule has 0 amide bonds. The minimum atomic E-state index is -0.918. The highest BCUT2D eigenvalue weighted by atomic mass is 16.3. The first-order valence-corrected chi connectivity index (χ1v) is 7.99. The van der Waals surface area contributed by atoms with Crippen LogP contribution in [0.25, 0.3) is 0 Å². The lowest BCUT2D eigenvalue weighted by molar-refractivity contribution is -0.144. The third-order valence-electron chi connectivity index (χ3n) is 5.94. The predicted molar refractivity (Wildman–Crippen MR) is 76.9 cm³/mol. The molecule has 0 aliphatic heterocycles. The Hall–Kier alpha value is -1.15. The largest absolute Gasteiger partial charge is 0.381 e. The average Bonchev–Trinajstić information content (AvgIpc) is 2.46. The number of carbonyl (C=O) groups excluding carboxylic acids is 1. The summed E-state index contributed by atoms with van der Waals surface area (Å²) in [5, 5.41) is 10.4. The summed E-state index contributed by atoms with van der Waals surface area (Å²) in [6.07, 6.45) is 5.39. The first kappa shape index (κ1) is 12.6. The van der Waals surface area contributed by atoms with Gasteiger partial charge in [-0.15, -0.1) is 0 Å². The van der Waals surface area contributed by atoms with E-state index in [2.05, 4.69) is 0 Å². The van der Waals surface area contributed by atoms with E-state index in [1.807, 2.05) is 30.3 Å². The van der Waals surface area contributed by atoms with Crippen molar-refractivity contribution in [3.63, 3.8) is 0 Å². The Morgan fingerprint density at radius 1 is 0.950 bits per heavy atom. The molecule has 5 rings (SSSR count). The van der Waals surface area contributed by atoms with Crippen molar-refractivity contribution < 1.29 is 9.90 Å². The Morgan fingerprint density at radius 2 is 1.50 bits per heavy atom. The zero-order chi connectivity index (χ0) is 13.7. The van der Waals surface area contributed by atoms with E-state index in [1.165, 1.54) is 32.1 Å². The first-order chi connectivity index (χ1) is 9.72. The Labute approximate surface area is 120 Å². The minimum absolute atomic E-state index is 0.0880. The van der Waals surface area contributed by atoms with Gasteiger partial charge in [0.2, 0.25) is 0 Å². The zero-order valence-electron chi connectivity index (χ0n) is 11.7. The average molecular weight is 270 g/mol. The van der Waals surface area contributed by atoms with Crippen LogP contribution in [0.2, 0.25) is 0 Å². The monoisotopic (exact) mass is 270 g/mol. The van der Waals surface area contributed by atoms with Crippen LogP contribution in [0, 0.1) is 29.6 Å². The standard InChI is InChI=1S/C18H22O2/c19-17(13-4-2-1-3-5-13)18(20)16-14-7-11-6-12(9-14)10-15(16)8-11/h1-5,11-12,14-17,19H,6-10H2. The van der Waals surface area contributed by atoms with Gasteiger partial charge in [-0.05, 0) is 61.3 Å². The van der Waals surface area contributed by atoms with Crippen LogP contribution in [0.5, 0.6) is 0 Å². The summed E-state index contributed by atoms with van der Waals surface area (Å²) in [5.41, 5.74) is 0.756. The molecule has 0 aromatic heterocycles. The third-order valence-corrected chi connectivity index (χ3v) is 5.94. The molecule has 0 heterocycles. The molecule has 4 saturated carbocycles. The fourth-order valence-corrected chi connectivity index (χ4v) is 5.37. The number of ketones is 1. The molecular formula is C18H22O2. The van der Waals surface area contributed by atoms with Crippen molar-refractivity contribution >= 4 is 5.78 Å². The second-order valence-corrected chi connectivity index (χ2v) is 7.17. The Bertz CT molecular complexity index is 479. The van der Waals surface area contributed by atoms with Crippen molar-refractivity contribution in [1.29, 1.82) is 0 Å². The summed E-state index contributed by atoms with van der Waals surface area (Å²) < 4.78 is 0. The Morgan fingerprint density at radius 3 is 2.05 bits per heavy atom. The number of rotatable bonds is 3. The fourth-order valence-electron chi connectivity index (χ4n) is 5.37. The van der Waals surface area contributed by atoms with Gasteiger partial charge in [-0.1, -0.05) is 30.3 Å². The quantitative estimate of drug-likeness (QED) is 0.914. The van der Waals surface area contributed by atoms with E-state index in [0.29, 0.717) is 11.8 Å². The number of aliphatic hydroxyl groups excluding tert-OH is 1. The second kappa shape index (κ2) is 4.70. The molecular weight excluding hydrogens is 248 g/mol. The van der Waals surface area contributed by atoms with Gasteiger partial charge in [0.05, 0.1) is 0 Å². The van der Waals surface area contributed by atoms with Crippen molar-refractivity contribution in [3.8, 4) is 0 Å². The van der Waals surface area contributed by atoms with Crippen molar-refractivity contribution in [1.82, 2.24) is 0 Å². The van der Waals surface area contributed by atoms with Crippen LogP contribution in [0.3, 0.4) is 0 Å². The van der Waals surface area contributed by atoms with Crippen LogP contribution in [-0.4, -0.2) is 10.9 Å². The zero-order valence-corrected chi connectivity index (χ0v) is 11.7. The highest BCUT2D eigenvalue weighted by molar-refractivity contribution is 5.87. The van der Waals surface area contributed by atoms with Crippen molar-refractivity contribution in [2.45, 2.75) is 38.2 Å². The van der Waals surface area contributed by atoms with Gasteiger partial charge in [-0.3, -0.25) is 4.79 Å². The van der Waals surface area contributed by atoms with Gasteiger partial charge in [0.15, 0.2) is 5.78 Å². The van der Waals surface area contributed by atoms with E-state index >= 15 is 0 Å². The molecule has 4 fully saturated rings. The van der Waals surface area contributed by atoms with Gasteiger partial charge in [0.1, 0.15) is 6.10 Å². The molecule has 4 bridgehead atoms. The predicted octanol–water partition coefficient (Wildman–Crippen LogP) is 3.36. The lowest BCUT2D eigenvalue weighted by Crippen LogP contribution is -2.49. The third kappa shape index (κ3) is 1.93. The molecule has 1 unspecified atom stereocenters. The van der Waals surface area contributed by atoms with E-state index in [4.69, 9.17) is 0 Å². The van der Waals surface area contributed by atoms with Crippen LogP contribution >= 0.6 is 0 Å². The minimum Gasteiger partial charge on any atom is -0.381 e. The fraction of sp³-hybridized carbons (Fsp3) is 0.611. The lowest BCUT2D eigenvalue weighted by atomic mass is 9.51. The molecule has 1 N–H and O–H groups in total. The van der Waals surface area contributed by atoms with E-state index in [1.54, 1.807) is 0 Å². The molecule has 0 spiro atoms. The lowest BCUT2D eigenvalue weighted by Gasteiger charge is -2.54. The van der Waals surface area contributed by atoms with Crippen LogP contribution in [-0.2, 0) is 4.79 Å². The summed E-state index contributed by atoms with van der Waals surface area (Å²) in [5.74, 6) is 3.06. The summed E-state index contributed by atoms with van der Waals surface area (Å²) >= 11 is 0. The first-order valence-electron chi connectivity index (χ1n) is 7.99. The van der Waals surface area contributed by atoms with Gasteiger partial charge < -0.3 is 5.11 Å². The Balaban J connectivity index is 1.57. The van der Waals surface area contributed by atoms with Crippen molar-refractivity contribution in [3.05, 3.63) is 35.9 Å². The molecule has 1 atom stereocenters. The summed E-state index contributed by atoms with van der Waals surface area (Å²) in [6.45, 7) is 0. The highest BCUT2D eigenvalue weighted by Crippen LogP contribution is 2.57. The normalized spacial score (nSPS) is 39.8.